The third kappa shape index (κ3) is 2.52. The standard InChI is InChI=1S/C13H16N4O3/c1-3-6-17(10-7-11(18)16(2)13(10)20)12(19)9-8-14-4-5-15-9/h4-5,8,10H,3,6-7H2,1-2H3/t10-/m1/s1. The highest BCUT2D eigenvalue weighted by Crippen LogP contribution is 2.19. The topological polar surface area (TPSA) is 83.5 Å². The first-order valence-electron chi connectivity index (χ1n) is 6.43. The van der Waals surface area contributed by atoms with E-state index in [1.165, 1.54) is 30.5 Å². The normalized spacial score (nSPS) is 18.5. The van der Waals surface area contributed by atoms with Crippen LogP contribution in [-0.4, -0.2) is 57.1 Å². The van der Waals surface area contributed by atoms with Crippen molar-refractivity contribution in [2.24, 2.45) is 0 Å². The van der Waals surface area contributed by atoms with E-state index in [2.05, 4.69) is 9.97 Å². The fraction of sp³-hybridized carbons (Fsp3) is 0.462. The number of hydrogen-bond acceptors (Lipinski definition) is 5. The van der Waals surface area contributed by atoms with E-state index in [9.17, 15) is 14.4 Å². The average molecular weight is 276 g/mol. The van der Waals surface area contributed by atoms with E-state index < -0.39 is 6.04 Å². The Hall–Kier alpha value is -2.31. The van der Waals surface area contributed by atoms with E-state index in [0.29, 0.717) is 13.0 Å². The predicted octanol–water partition coefficient (Wildman–Crippen LogP) is 0.0861. The van der Waals surface area contributed by atoms with Crippen molar-refractivity contribution in [3.05, 3.63) is 24.3 Å². The summed E-state index contributed by atoms with van der Waals surface area (Å²) in [5.74, 6) is -0.991. The minimum absolute atomic E-state index is 0.0291. The lowest BCUT2D eigenvalue weighted by Crippen LogP contribution is -2.45. The van der Waals surface area contributed by atoms with Crippen molar-refractivity contribution in [1.29, 1.82) is 0 Å². The van der Waals surface area contributed by atoms with Crippen molar-refractivity contribution in [3.8, 4) is 0 Å². The van der Waals surface area contributed by atoms with Crippen LogP contribution in [0.25, 0.3) is 0 Å². The highest BCUT2D eigenvalue weighted by atomic mass is 16.2. The van der Waals surface area contributed by atoms with E-state index >= 15 is 0 Å². The Morgan fingerprint density at radius 1 is 1.45 bits per heavy atom. The minimum Gasteiger partial charge on any atom is -0.325 e. The molecule has 0 N–H and O–H groups in total. The average Bonchev–Trinajstić information content (AvgIpc) is 2.72. The number of aromatic nitrogens is 2. The lowest BCUT2D eigenvalue weighted by atomic mass is 10.2. The van der Waals surface area contributed by atoms with Crippen molar-refractivity contribution < 1.29 is 14.4 Å². The molecule has 0 spiro atoms. The van der Waals surface area contributed by atoms with Crippen LogP contribution in [0.4, 0.5) is 0 Å². The minimum atomic E-state index is -0.734. The lowest BCUT2D eigenvalue weighted by Gasteiger charge is -2.26. The largest absolute Gasteiger partial charge is 0.325 e. The third-order valence-corrected chi connectivity index (χ3v) is 3.24. The van der Waals surface area contributed by atoms with E-state index in [4.69, 9.17) is 0 Å². The van der Waals surface area contributed by atoms with E-state index in [-0.39, 0.29) is 29.8 Å². The van der Waals surface area contributed by atoms with Crippen LogP contribution in [0.15, 0.2) is 18.6 Å². The monoisotopic (exact) mass is 276 g/mol. The molecular weight excluding hydrogens is 260 g/mol. The smallest absolute Gasteiger partial charge is 0.274 e. The van der Waals surface area contributed by atoms with Crippen LogP contribution in [-0.2, 0) is 9.59 Å². The molecule has 3 amide bonds. The highest BCUT2D eigenvalue weighted by molar-refractivity contribution is 6.07. The molecule has 106 valence electrons. The van der Waals surface area contributed by atoms with Gasteiger partial charge in [-0.25, -0.2) is 4.98 Å². The van der Waals surface area contributed by atoms with Gasteiger partial charge in [0.15, 0.2) is 0 Å². The van der Waals surface area contributed by atoms with Crippen LogP contribution in [0.3, 0.4) is 0 Å². The second-order valence-corrected chi connectivity index (χ2v) is 4.60. The van der Waals surface area contributed by atoms with Crippen LogP contribution in [0.5, 0.6) is 0 Å². The molecule has 1 saturated heterocycles. The maximum absolute atomic E-state index is 12.4. The van der Waals surface area contributed by atoms with Gasteiger partial charge in [0, 0.05) is 26.0 Å². The van der Waals surface area contributed by atoms with Crippen molar-refractivity contribution in [2.75, 3.05) is 13.6 Å². The molecule has 0 aliphatic carbocycles. The van der Waals surface area contributed by atoms with Gasteiger partial charge in [-0.3, -0.25) is 24.3 Å². The molecule has 1 fully saturated rings. The summed E-state index contributed by atoms with van der Waals surface area (Å²) in [5.41, 5.74) is 0.177. The summed E-state index contributed by atoms with van der Waals surface area (Å²) in [6, 6.07) is -0.734. The van der Waals surface area contributed by atoms with Crippen molar-refractivity contribution >= 4 is 17.7 Å². The van der Waals surface area contributed by atoms with Gasteiger partial charge in [-0.1, -0.05) is 6.92 Å². The summed E-state index contributed by atoms with van der Waals surface area (Å²) in [4.78, 5) is 46.3. The first-order chi connectivity index (χ1) is 9.56. The molecule has 7 heteroatoms. The number of amides is 3. The van der Waals surface area contributed by atoms with Crippen molar-refractivity contribution in [1.82, 2.24) is 19.8 Å². The summed E-state index contributed by atoms with van der Waals surface area (Å²) >= 11 is 0. The second-order valence-electron chi connectivity index (χ2n) is 4.60. The second kappa shape index (κ2) is 5.77. The Labute approximate surface area is 116 Å². The fourth-order valence-corrected chi connectivity index (χ4v) is 2.18. The molecule has 1 atom stereocenters. The maximum atomic E-state index is 12.4. The molecular formula is C13H16N4O3. The van der Waals surface area contributed by atoms with Crippen molar-refractivity contribution in [2.45, 2.75) is 25.8 Å². The maximum Gasteiger partial charge on any atom is 0.274 e. The van der Waals surface area contributed by atoms with Gasteiger partial charge in [-0.2, -0.15) is 0 Å². The number of carbonyl (C=O) groups is 3. The number of likely N-dealkylation sites (tertiary alicyclic amines) is 1. The summed E-state index contributed by atoms with van der Waals surface area (Å²) in [6.45, 7) is 2.30. The van der Waals surface area contributed by atoms with Gasteiger partial charge in [0.1, 0.15) is 11.7 Å². The molecule has 0 unspecified atom stereocenters. The quantitative estimate of drug-likeness (QED) is 0.727. The number of nitrogens with zero attached hydrogens (tertiary/aromatic N) is 4. The van der Waals surface area contributed by atoms with Crippen LogP contribution in [0, 0.1) is 0 Å². The Balaban J connectivity index is 2.26. The predicted molar refractivity (Wildman–Crippen MR) is 69.5 cm³/mol. The molecule has 2 rings (SSSR count). The Kier molecular flexibility index (Phi) is 4.07. The molecule has 0 saturated carbocycles. The van der Waals surface area contributed by atoms with Crippen molar-refractivity contribution in [3.63, 3.8) is 0 Å². The number of carbonyl (C=O) groups excluding carboxylic acids is 3. The van der Waals surface area contributed by atoms with Gasteiger partial charge in [0.2, 0.25) is 5.91 Å². The van der Waals surface area contributed by atoms with E-state index in [1.54, 1.807) is 0 Å². The zero-order chi connectivity index (χ0) is 14.7. The van der Waals surface area contributed by atoms with Crippen LogP contribution in [0.2, 0.25) is 0 Å². The van der Waals surface area contributed by atoms with E-state index in [0.717, 1.165) is 4.90 Å². The Bertz CT molecular complexity index is 532. The fourth-order valence-electron chi connectivity index (χ4n) is 2.18. The van der Waals surface area contributed by atoms with Crippen LogP contribution < -0.4 is 0 Å². The zero-order valence-corrected chi connectivity index (χ0v) is 11.4. The highest BCUT2D eigenvalue weighted by Gasteiger charge is 2.41. The molecule has 0 radical (unpaired) electrons. The number of hydrogen-bond donors (Lipinski definition) is 0. The lowest BCUT2D eigenvalue weighted by molar-refractivity contribution is -0.137. The van der Waals surface area contributed by atoms with Gasteiger partial charge < -0.3 is 4.90 Å². The molecule has 1 aliphatic rings. The summed E-state index contributed by atoms with van der Waals surface area (Å²) in [6.07, 6.45) is 4.97. The summed E-state index contributed by atoms with van der Waals surface area (Å²) in [7, 11) is 1.43. The molecule has 7 nitrogen and oxygen atoms in total. The summed E-state index contributed by atoms with van der Waals surface area (Å²) in [5, 5.41) is 0. The third-order valence-electron chi connectivity index (χ3n) is 3.24. The number of rotatable bonds is 4. The SMILES string of the molecule is CCCN(C(=O)c1cnccn1)[C@@H]1CC(=O)N(C)C1=O. The van der Waals surface area contributed by atoms with Gasteiger partial charge in [-0.05, 0) is 6.42 Å². The van der Waals surface area contributed by atoms with Gasteiger partial charge >= 0.3 is 0 Å². The first kappa shape index (κ1) is 14.1. The van der Waals surface area contributed by atoms with Gasteiger partial charge in [0.25, 0.3) is 11.8 Å². The molecule has 1 aromatic heterocycles. The van der Waals surface area contributed by atoms with Crippen LogP contribution in [0.1, 0.15) is 30.3 Å². The molecule has 0 aromatic carbocycles. The Morgan fingerprint density at radius 2 is 2.20 bits per heavy atom. The summed E-state index contributed by atoms with van der Waals surface area (Å²) < 4.78 is 0. The molecule has 0 bridgehead atoms. The van der Waals surface area contributed by atoms with Crippen LogP contribution >= 0.6 is 0 Å². The molecule has 1 aliphatic heterocycles. The first-order valence-corrected chi connectivity index (χ1v) is 6.43. The zero-order valence-electron chi connectivity index (χ0n) is 11.4. The Morgan fingerprint density at radius 3 is 2.70 bits per heavy atom. The molecule has 2 heterocycles. The van der Waals surface area contributed by atoms with E-state index in [1.807, 2.05) is 6.92 Å². The molecule has 1 aromatic rings. The number of likely N-dealkylation sites (N-methyl/N-ethyl adjacent to an activating group) is 1. The van der Waals surface area contributed by atoms with Gasteiger partial charge in [-0.15, -0.1) is 0 Å². The molecule has 20 heavy (non-hydrogen) atoms. The number of imide groups is 1. The van der Waals surface area contributed by atoms with Gasteiger partial charge in [0.05, 0.1) is 12.6 Å².